The first-order chi connectivity index (χ1) is 12.0. The number of hydrogen-bond donors (Lipinski definition) is 3. The van der Waals surface area contributed by atoms with Gasteiger partial charge in [-0.05, 0) is 36.8 Å². The zero-order valence-corrected chi connectivity index (χ0v) is 14.5. The summed E-state index contributed by atoms with van der Waals surface area (Å²) in [5.74, 6) is -0.769. The number of nitrogens with zero attached hydrogens (tertiary/aromatic N) is 1. The Labute approximate surface area is 147 Å². The van der Waals surface area contributed by atoms with Crippen LogP contribution >= 0.6 is 0 Å². The predicted molar refractivity (Wildman–Crippen MR) is 92.0 cm³/mol. The average Bonchev–Trinajstić information content (AvgIpc) is 3.14. The standard InChI is InChI=1S/C18H26F2N4O/c1-12(15-3-2-14(19)10-16(15)20)11-21-18(25)24-8-5-13(6-9-24)17-4-7-22-23-17/h2-3,10,12-13,17,22-23H,4-9,11H2,1H3,(H,21,25). The molecule has 7 heteroatoms. The molecule has 0 aromatic heterocycles. The minimum Gasteiger partial charge on any atom is -0.337 e. The first-order valence-electron chi connectivity index (χ1n) is 9.00. The van der Waals surface area contributed by atoms with E-state index in [0.29, 0.717) is 24.1 Å². The van der Waals surface area contributed by atoms with Gasteiger partial charge in [0.25, 0.3) is 0 Å². The van der Waals surface area contributed by atoms with Crippen molar-refractivity contribution in [3.8, 4) is 0 Å². The van der Waals surface area contributed by atoms with Crippen LogP contribution < -0.4 is 16.2 Å². The van der Waals surface area contributed by atoms with Gasteiger partial charge in [-0.3, -0.25) is 10.9 Å². The Kier molecular flexibility index (Phi) is 5.86. The summed E-state index contributed by atoms with van der Waals surface area (Å²) in [6, 6.07) is 3.96. The summed E-state index contributed by atoms with van der Waals surface area (Å²) in [4.78, 5) is 14.2. The number of benzene rings is 1. The van der Waals surface area contributed by atoms with E-state index in [1.54, 1.807) is 0 Å². The molecule has 2 aliphatic rings. The molecule has 2 atom stereocenters. The maximum Gasteiger partial charge on any atom is 0.317 e. The lowest BCUT2D eigenvalue weighted by Crippen LogP contribution is -2.48. The first-order valence-corrected chi connectivity index (χ1v) is 9.00. The Morgan fingerprint density at radius 3 is 2.72 bits per heavy atom. The third kappa shape index (κ3) is 4.46. The van der Waals surface area contributed by atoms with Gasteiger partial charge in [-0.1, -0.05) is 13.0 Å². The van der Waals surface area contributed by atoms with Gasteiger partial charge in [0.1, 0.15) is 11.6 Å². The van der Waals surface area contributed by atoms with E-state index < -0.39 is 11.6 Å². The fourth-order valence-corrected chi connectivity index (χ4v) is 3.72. The molecule has 1 aromatic carbocycles. The second-order valence-electron chi connectivity index (χ2n) is 7.04. The Morgan fingerprint density at radius 2 is 2.08 bits per heavy atom. The second-order valence-corrected chi connectivity index (χ2v) is 7.04. The number of rotatable bonds is 4. The molecule has 25 heavy (non-hydrogen) atoms. The molecule has 2 fully saturated rings. The van der Waals surface area contributed by atoms with Crippen molar-refractivity contribution in [1.82, 2.24) is 21.1 Å². The van der Waals surface area contributed by atoms with Gasteiger partial charge in [0.15, 0.2) is 0 Å². The number of amides is 2. The number of hydrazine groups is 1. The van der Waals surface area contributed by atoms with Crippen molar-refractivity contribution in [3.05, 3.63) is 35.4 Å². The molecule has 2 amide bonds. The fraction of sp³-hybridized carbons (Fsp3) is 0.611. The summed E-state index contributed by atoms with van der Waals surface area (Å²) >= 11 is 0. The monoisotopic (exact) mass is 352 g/mol. The quantitative estimate of drug-likeness (QED) is 0.780. The van der Waals surface area contributed by atoms with E-state index in [0.717, 1.165) is 45.0 Å². The maximum atomic E-state index is 13.8. The molecule has 0 bridgehead atoms. The molecule has 2 aliphatic heterocycles. The van der Waals surface area contributed by atoms with Crippen LogP contribution in [0.1, 0.15) is 37.7 Å². The first kappa shape index (κ1) is 18.1. The van der Waals surface area contributed by atoms with Gasteiger partial charge < -0.3 is 10.2 Å². The highest BCUT2D eigenvalue weighted by Crippen LogP contribution is 2.24. The van der Waals surface area contributed by atoms with Crippen molar-refractivity contribution in [3.63, 3.8) is 0 Å². The Balaban J connectivity index is 1.45. The largest absolute Gasteiger partial charge is 0.337 e. The highest BCUT2D eigenvalue weighted by atomic mass is 19.1. The van der Waals surface area contributed by atoms with E-state index in [1.807, 2.05) is 11.8 Å². The molecular formula is C18H26F2N4O. The highest BCUT2D eigenvalue weighted by Gasteiger charge is 2.30. The summed E-state index contributed by atoms with van der Waals surface area (Å²) in [5, 5.41) is 2.88. The molecule has 1 aromatic rings. The summed E-state index contributed by atoms with van der Waals surface area (Å²) in [5.41, 5.74) is 6.89. The van der Waals surface area contributed by atoms with Crippen LogP contribution in [0.5, 0.6) is 0 Å². The molecule has 2 saturated heterocycles. The van der Waals surface area contributed by atoms with Gasteiger partial charge in [0.2, 0.25) is 0 Å². The number of urea groups is 1. The van der Waals surface area contributed by atoms with Crippen molar-refractivity contribution in [1.29, 1.82) is 0 Å². The van der Waals surface area contributed by atoms with Gasteiger partial charge in [-0.15, -0.1) is 0 Å². The molecule has 0 radical (unpaired) electrons. The number of hydrogen-bond acceptors (Lipinski definition) is 3. The van der Waals surface area contributed by atoms with Crippen LogP contribution in [-0.2, 0) is 0 Å². The van der Waals surface area contributed by atoms with Crippen LogP contribution in [0.15, 0.2) is 18.2 Å². The number of likely N-dealkylation sites (tertiary alicyclic amines) is 1. The average molecular weight is 352 g/mol. The number of carbonyl (C=O) groups is 1. The smallest absolute Gasteiger partial charge is 0.317 e. The Bertz CT molecular complexity index is 599. The molecule has 2 unspecified atom stereocenters. The van der Waals surface area contributed by atoms with E-state index in [2.05, 4.69) is 16.2 Å². The van der Waals surface area contributed by atoms with E-state index >= 15 is 0 Å². The minimum absolute atomic E-state index is 0.106. The molecule has 0 aliphatic carbocycles. The normalized spacial score (nSPS) is 22.8. The van der Waals surface area contributed by atoms with Crippen molar-refractivity contribution < 1.29 is 13.6 Å². The number of carbonyl (C=O) groups excluding carboxylic acids is 1. The lowest BCUT2D eigenvalue weighted by atomic mass is 9.89. The van der Waals surface area contributed by atoms with Crippen LogP contribution in [0.4, 0.5) is 13.6 Å². The zero-order chi connectivity index (χ0) is 17.8. The van der Waals surface area contributed by atoms with Gasteiger partial charge in [0, 0.05) is 44.2 Å². The minimum atomic E-state index is -0.590. The summed E-state index contributed by atoms with van der Waals surface area (Å²) in [6.07, 6.45) is 3.13. The third-order valence-electron chi connectivity index (χ3n) is 5.32. The van der Waals surface area contributed by atoms with Crippen LogP contribution in [0, 0.1) is 17.6 Å². The Morgan fingerprint density at radius 1 is 1.32 bits per heavy atom. The molecule has 3 N–H and O–H groups in total. The molecule has 0 saturated carbocycles. The van der Waals surface area contributed by atoms with Crippen molar-refractivity contribution >= 4 is 6.03 Å². The second kappa shape index (κ2) is 8.10. The van der Waals surface area contributed by atoms with Gasteiger partial charge in [-0.25, -0.2) is 13.6 Å². The van der Waals surface area contributed by atoms with Crippen LogP contribution in [0.2, 0.25) is 0 Å². The molecule has 2 heterocycles. The van der Waals surface area contributed by atoms with E-state index in [1.165, 1.54) is 12.1 Å². The highest BCUT2D eigenvalue weighted by molar-refractivity contribution is 5.74. The molecule has 138 valence electrons. The fourth-order valence-electron chi connectivity index (χ4n) is 3.72. The van der Waals surface area contributed by atoms with Crippen molar-refractivity contribution in [2.75, 3.05) is 26.2 Å². The predicted octanol–water partition coefficient (Wildman–Crippen LogP) is 2.36. The Hall–Kier alpha value is -1.73. The van der Waals surface area contributed by atoms with Crippen LogP contribution in [0.25, 0.3) is 0 Å². The topological polar surface area (TPSA) is 56.4 Å². The third-order valence-corrected chi connectivity index (χ3v) is 5.32. The van der Waals surface area contributed by atoms with E-state index in [4.69, 9.17) is 0 Å². The lowest BCUT2D eigenvalue weighted by molar-refractivity contribution is 0.159. The van der Waals surface area contributed by atoms with Crippen LogP contribution in [0.3, 0.4) is 0 Å². The maximum absolute atomic E-state index is 13.8. The molecule has 5 nitrogen and oxygen atoms in total. The molecular weight excluding hydrogens is 326 g/mol. The number of nitrogens with one attached hydrogen (secondary N) is 3. The van der Waals surface area contributed by atoms with Crippen molar-refractivity contribution in [2.45, 2.75) is 38.1 Å². The molecule has 3 rings (SSSR count). The molecule has 0 spiro atoms. The SMILES string of the molecule is CC(CNC(=O)N1CCC(C2CCNN2)CC1)c1ccc(F)cc1F. The lowest BCUT2D eigenvalue weighted by Gasteiger charge is -2.34. The van der Waals surface area contributed by atoms with Gasteiger partial charge in [-0.2, -0.15) is 0 Å². The van der Waals surface area contributed by atoms with Crippen molar-refractivity contribution in [2.24, 2.45) is 5.92 Å². The summed E-state index contributed by atoms with van der Waals surface area (Å²) in [7, 11) is 0. The van der Waals surface area contributed by atoms with Crippen LogP contribution in [-0.4, -0.2) is 43.2 Å². The summed E-state index contributed by atoms with van der Waals surface area (Å²) < 4.78 is 26.8. The summed E-state index contributed by atoms with van der Waals surface area (Å²) in [6.45, 7) is 4.64. The van der Waals surface area contributed by atoms with Gasteiger partial charge >= 0.3 is 6.03 Å². The van der Waals surface area contributed by atoms with Gasteiger partial charge in [0.05, 0.1) is 0 Å². The van der Waals surface area contributed by atoms with E-state index in [9.17, 15) is 13.6 Å². The number of halogens is 2. The zero-order valence-electron chi connectivity index (χ0n) is 14.5. The van der Waals surface area contributed by atoms with E-state index in [-0.39, 0.29) is 11.9 Å². The number of piperidine rings is 1.